The van der Waals surface area contributed by atoms with E-state index >= 15 is 0 Å². The van der Waals surface area contributed by atoms with Crippen LogP contribution >= 0.6 is 0 Å². The van der Waals surface area contributed by atoms with Gasteiger partial charge in [0.2, 0.25) is 0 Å². The number of benzene rings is 2. The molecule has 252 valence electrons. The molecular formula is C37H49N5O5. The molecule has 0 spiro atoms. The van der Waals surface area contributed by atoms with Crippen LogP contribution in [0, 0.1) is 20.8 Å². The molecule has 0 radical (unpaired) electrons. The van der Waals surface area contributed by atoms with E-state index in [1.54, 1.807) is 0 Å². The quantitative estimate of drug-likeness (QED) is 0.264. The average Bonchev–Trinajstić information content (AvgIpc) is 3.06. The van der Waals surface area contributed by atoms with E-state index in [2.05, 4.69) is 62.3 Å². The van der Waals surface area contributed by atoms with Crippen LogP contribution in [0.25, 0.3) is 11.1 Å². The molecule has 2 aliphatic heterocycles. The Labute approximate surface area is 277 Å². The van der Waals surface area contributed by atoms with Gasteiger partial charge in [-0.3, -0.25) is 19.3 Å². The van der Waals surface area contributed by atoms with E-state index in [1.807, 2.05) is 32.9 Å². The maximum atomic E-state index is 13.8. The van der Waals surface area contributed by atoms with E-state index in [0.29, 0.717) is 23.7 Å². The molecule has 3 aromatic rings. The summed E-state index contributed by atoms with van der Waals surface area (Å²) < 4.78 is 5.66. The molecule has 0 unspecified atom stereocenters. The van der Waals surface area contributed by atoms with E-state index in [-0.39, 0.29) is 24.4 Å². The molecule has 10 nitrogen and oxygen atoms in total. The summed E-state index contributed by atoms with van der Waals surface area (Å²) in [4.78, 5) is 47.3. The van der Waals surface area contributed by atoms with E-state index in [9.17, 15) is 14.4 Å². The summed E-state index contributed by atoms with van der Waals surface area (Å²) in [5.41, 5.74) is 7.85. The second-order valence-corrected chi connectivity index (χ2v) is 12.9. The number of amides is 1. The van der Waals surface area contributed by atoms with Crippen molar-refractivity contribution in [3.05, 3.63) is 86.3 Å². The number of anilines is 1. The Hall–Kier alpha value is -3.99. The number of aromatic nitrogens is 1. The molecule has 47 heavy (non-hydrogen) atoms. The van der Waals surface area contributed by atoms with Gasteiger partial charge in [0.25, 0.3) is 11.5 Å². The average molecular weight is 644 g/mol. The van der Waals surface area contributed by atoms with Gasteiger partial charge in [0.1, 0.15) is 0 Å². The summed E-state index contributed by atoms with van der Waals surface area (Å²) in [6.07, 6.45) is 2.07. The number of rotatable bonds is 12. The van der Waals surface area contributed by atoms with Crippen LogP contribution in [0.3, 0.4) is 0 Å². The van der Waals surface area contributed by atoms with Crippen molar-refractivity contribution in [2.24, 2.45) is 0 Å². The third-order valence-corrected chi connectivity index (χ3v) is 9.63. The number of carbonyl (C=O) groups excluding carboxylic acids is 1. The molecule has 1 amide bonds. The number of hydrogen-bond acceptors (Lipinski definition) is 7. The molecule has 3 heterocycles. The van der Waals surface area contributed by atoms with Gasteiger partial charge < -0.3 is 29.9 Å². The number of aryl methyl sites for hydroxylation is 2. The molecule has 0 atom stereocenters. The largest absolute Gasteiger partial charge is 0.481 e. The maximum absolute atomic E-state index is 13.8. The third kappa shape index (κ3) is 8.68. The van der Waals surface area contributed by atoms with E-state index in [1.165, 1.54) is 5.56 Å². The second-order valence-electron chi connectivity index (χ2n) is 12.9. The smallest absolute Gasteiger partial charge is 0.304 e. The van der Waals surface area contributed by atoms with Gasteiger partial charge in [-0.25, -0.2) is 0 Å². The number of carbonyl (C=O) groups is 2. The highest BCUT2D eigenvalue weighted by molar-refractivity contribution is 5.99. The first-order valence-corrected chi connectivity index (χ1v) is 16.8. The van der Waals surface area contributed by atoms with Crippen molar-refractivity contribution < 1.29 is 19.4 Å². The van der Waals surface area contributed by atoms with Crippen molar-refractivity contribution in [1.29, 1.82) is 0 Å². The van der Waals surface area contributed by atoms with Crippen LogP contribution in [0.1, 0.15) is 64.5 Å². The molecule has 0 saturated carbocycles. The maximum Gasteiger partial charge on any atom is 0.304 e. The summed E-state index contributed by atoms with van der Waals surface area (Å²) >= 11 is 0. The monoisotopic (exact) mass is 643 g/mol. The SMILES string of the molecule is CCN(c1cc(-c2ccc(CN3CCN(CCC(=O)O)CC3)cc2)cc(C(=O)NCc2c(C)cc(C)[nH]c2=O)c1C)C1CCOCC1. The number of carboxylic acid groups (broad SMARTS) is 1. The molecule has 2 aliphatic rings. The Morgan fingerprint density at radius 2 is 1.66 bits per heavy atom. The van der Waals surface area contributed by atoms with Crippen molar-refractivity contribution in [1.82, 2.24) is 20.1 Å². The van der Waals surface area contributed by atoms with Crippen molar-refractivity contribution >= 4 is 17.6 Å². The summed E-state index contributed by atoms with van der Waals surface area (Å²) in [5.74, 6) is -0.951. The first-order valence-electron chi connectivity index (χ1n) is 16.8. The van der Waals surface area contributed by atoms with Gasteiger partial charge in [-0.15, -0.1) is 0 Å². The fourth-order valence-corrected chi connectivity index (χ4v) is 6.87. The Morgan fingerprint density at radius 3 is 2.30 bits per heavy atom. The zero-order valence-corrected chi connectivity index (χ0v) is 28.2. The molecule has 5 rings (SSSR count). The predicted octanol–water partition coefficient (Wildman–Crippen LogP) is 4.49. The van der Waals surface area contributed by atoms with Crippen molar-refractivity contribution in [2.75, 3.05) is 57.4 Å². The van der Waals surface area contributed by atoms with Crippen LogP contribution in [0.5, 0.6) is 0 Å². The van der Waals surface area contributed by atoms with E-state index in [4.69, 9.17) is 9.84 Å². The molecule has 1 aromatic heterocycles. The number of ether oxygens (including phenoxy) is 1. The third-order valence-electron chi connectivity index (χ3n) is 9.63. The minimum Gasteiger partial charge on any atom is -0.481 e. The highest BCUT2D eigenvalue weighted by atomic mass is 16.5. The lowest BCUT2D eigenvalue weighted by atomic mass is 9.94. The molecule has 2 fully saturated rings. The number of pyridine rings is 1. The van der Waals surface area contributed by atoms with E-state index in [0.717, 1.165) is 99.0 Å². The minimum absolute atomic E-state index is 0.152. The highest BCUT2D eigenvalue weighted by Crippen LogP contribution is 2.34. The summed E-state index contributed by atoms with van der Waals surface area (Å²) in [6, 6.07) is 15.0. The molecule has 0 bridgehead atoms. The van der Waals surface area contributed by atoms with Gasteiger partial charge in [0, 0.05) is 94.1 Å². The Bertz CT molecular complexity index is 1600. The molecule has 3 N–H and O–H groups in total. The van der Waals surface area contributed by atoms with Crippen LogP contribution in [0.2, 0.25) is 0 Å². The standard InChI is InChI=1S/C37H49N5O5/c1-5-42(31-11-18-47-19-12-31)34-22-30(21-32(27(34)4)36(45)38-23-33-25(2)20-26(3)39-37(33)46)29-8-6-28(7-9-29)24-41-16-14-40(15-17-41)13-10-35(43)44/h6-9,20-22,31H,5,10-19,23-24H2,1-4H3,(H,38,45)(H,39,46)(H,43,44). The predicted molar refractivity (Wildman–Crippen MR) is 185 cm³/mol. The Kier molecular flexibility index (Phi) is 11.5. The van der Waals surface area contributed by atoms with Crippen LogP contribution in [0.4, 0.5) is 5.69 Å². The lowest BCUT2D eigenvalue weighted by Crippen LogP contribution is -2.46. The van der Waals surface area contributed by atoms with Gasteiger partial charge in [-0.05, 0) is 86.6 Å². The number of nitrogens with one attached hydrogen (secondary N) is 2. The normalized spacial score (nSPS) is 16.3. The van der Waals surface area contributed by atoms with Crippen LogP contribution in [-0.2, 0) is 22.6 Å². The summed E-state index contributed by atoms with van der Waals surface area (Å²) in [6.45, 7) is 15.4. The minimum atomic E-state index is -0.749. The number of hydrogen-bond donors (Lipinski definition) is 3. The van der Waals surface area contributed by atoms with Crippen LogP contribution in [0.15, 0.2) is 47.3 Å². The molecular weight excluding hydrogens is 594 g/mol. The fraction of sp³-hybridized carbons (Fsp3) is 0.486. The van der Waals surface area contributed by atoms with E-state index < -0.39 is 5.97 Å². The Balaban J connectivity index is 1.38. The number of aliphatic carboxylic acids is 1. The van der Waals surface area contributed by atoms with Crippen molar-refractivity contribution in [3.8, 4) is 11.1 Å². The van der Waals surface area contributed by atoms with Gasteiger partial charge in [0.05, 0.1) is 6.42 Å². The van der Waals surface area contributed by atoms with Gasteiger partial charge in [-0.2, -0.15) is 0 Å². The summed E-state index contributed by atoms with van der Waals surface area (Å²) in [5, 5.41) is 12.0. The Morgan fingerprint density at radius 1 is 0.979 bits per heavy atom. The molecule has 2 aromatic carbocycles. The highest BCUT2D eigenvalue weighted by Gasteiger charge is 2.25. The number of H-pyrrole nitrogens is 1. The van der Waals surface area contributed by atoms with Crippen molar-refractivity contribution in [2.45, 2.75) is 66.1 Å². The summed E-state index contributed by atoms with van der Waals surface area (Å²) in [7, 11) is 0. The number of piperazine rings is 1. The lowest BCUT2D eigenvalue weighted by molar-refractivity contribution is -0.137. The van der Waals surface area contributed by atoms with Crippen LogP contribution in [-0.4, -0.2) is 90.3 Å². The van der Waals surface area contributed by atoms with Gasteiger partial charge >= 0.3 is 5.97 Å². The molecule has 2 saturated heterocycles. The number of nitrogens with zero attached hydrogens (tertiary/aromatic N) is 3. The van der Waals surface area contributed by atoms with Crippen LogP contribution < -0.4 is 15.8 Å². The number of carboxylic acids is 1. The van der Waals surface area contributed by atoms with Gasteiger partial charge in [0.15, 0.2) is 0 Å². The first-order chi connectivity index (χ1) is 22.6. The topological polar surface area (TPSA) is 118 Å². The zero-order chi connectivity index (χ0) is 33.5. The van der Waals surface area contributed by atoms with Crippen molar-refractivity contribution in [3.63, 3.8) is 0 Å². The number of aromatic amines is 1. The fourth-order valence-electron chi connectivity index (χ4n) is 6.87. The van der Waals surface area contributed by atoms with Gasteiger partial charge in [-0.1, -0.05) is 24.3 Å². The second kappa shape index (κ2) is 15.7. The molecule has 10 heteroatoms. The first kappa shape index (κ1) is 34.3. The molecule has 0 aliphatic carbocycles. The zero-order valence-electron chi connectivity index (χ0n) is 28.2. The lowest BCUT2D eigenvalue weighted by Gasteiger charge is -2.37.